The van der Waals surface area contributed by atoms with Crippen LogP contribution in [0.4, 0.5) is 0 Å². The topological polar surface area (TPSA) is 61.6 Å². The molecule has 0 unspecified atom stereocenters. The Morgan fingerprint density at radius 1 is 1.06 bits per heavy atom. The fraction of sp³-hybridized carbons (Fsp3) is 0.655. The molecule has 1 amide bonds. The van der Waals surface area contributed by atoms with E-state index < -0.39 is 0 Å². The first-order chi connectivity index (χ1) is 16.8. The van der Waals surface area contributed by atoms with Crippen LogP contribution in [-0.4, -0.2) is 60.0 Å². The SMILES string of the molecule is Cc1ccc(-c2nc(CN3CCC(C(=O)NCCCN4C[C@H](C)C[C@H](C)C4)CC3)c(C)o2)cc1C. The summed E-state index contributed by atoms with van der Waals surface area (Å²) in [5, 5.41) is 3.21. The summed E-state index contributed by atoms with van der Waals surface area (Å²) in [5.41, 5.74) is 4.55. The van der Waals surface area contributed by atoms with Crippen molar-refractivity contribution >= 4 is 5.91 Å². The maximum atomic E-state index is 12.7. The van der Waals surface area contributed by atoms with Crippen molar-refractivity contribution in [3.8, 4) is 11.5 Å². The van der Waals surface area contributed by atoms with Crippen molar-refractivity contribution in [2.75, 3.05) is 39.3 Å². The number of oxazole rings is 1. The van der Waals surface area contributed by atoms with E-state index in [1.807, 2.05) is 6.92 Å². The number of benzene rings is 1. The molecule has 2 aliphatic rings. The highest BCUT2D eigenvalue weighted by Crippen LogP contribution is 2.26. The summed E-state index contributed by atoms with van der Waals surface area (Å²) in [6.45, 7) is 17.8. The molecule has 0 bridgehead atoms. The Morgan fingerprint density at radius 2 is 1.77 bits per heavy atom. The number of nitrogens with one attached hydrogen (secondary N) is 1. The fourth-order valence-electron chi connectivity index (χ4n) is 5.77. The van der Waals surface area contributed by atoms with Gasteiger partial charge in [-0.2, -0.15) is 0 Å². The lowest BCUT2D eigenvalue weighted by Crippen LogP contribution is -2.42. The predicted octanol–water partition coefficient (Wildman–Crippen LogP) is 4.96. The van der Waals surface area contributed by atoms with E-state index in [-0.39, 0.29) is 11.8 Å². The largest absolute Gasteiger partial charge is 0.441 e. The average Bonchev–Trinajstić information content (AvgIpc) is 3.18. The number of hydrogen-bond acceptors (Lipinski definition) is 5. The smallest absolute Gasteiger partial charge is 0.226 e. The van der Waals surface area contributed by atoms with E-state index in [4.69, 9.17) is 9.40 Å². The minimum atomic E-state index is 0.130. The third-order valence-electron chi connectivity index (χ3n) is 7.87. The second kappa shape index (κ2) is 11.7. The first-order valence-electron chi connectivity index (χ1n) is 13.5. The van der Waals surface area contributed by atoms with E-state index in [9.17, 15) is 4.79 Å². The second-order valence-electron chi connectivity index (χ2n) is 11.2. The van der Waals surface area contributed by atoms with E-state index >= 15 is 0 Å². The molecule has 6 nitrogen and oxygen atoms in total. The van der Waals surface area contributed by atoms with Crippen molar-refractivity contribution in [2.45, 2.75) is 66.8 Å². The zero-order valence-corrected chi connectivity index (χ0v) is 22.4. The molecule has 0 radical (unpaired) electrons. The maximum Gasteiger partial charge on any atom is 0.226 e. The van der Waals surface area contributed by atoms with Crippen molar-refractivity contribution < 1.29 is 9.21 Å². The molecular formula is C29H44N4O2. The quantitative estimate of drug-likeness (QED) is 0.541. The van der Waals surface area contributed by atoms with E-state index in [1.54, 1.807) is 0 Å². The lowest BCUT2D eigenvalue weighted by Gasteiger charge is -2.35. The minimum absolute atomic E-state index is 0.130. The van der Waals surface area contributed by atoms with Gasteiger partial charge in [0.2, 0.25) is 11.8 Å². The van der Waals surface area contributed by atoms with Crippen LogP contribution in [0, 0.1) is 38.5 Å². The molecule has 6 heteroatoms. The molecule has 2 atom stereocenters. The zero-order valence-electron chi connectivity index (χ0n) is 22.4. The first kappa shape index (κ1) is 25.9. The summed E-state index contributed by atoms with van der Waals surface area (Å²) in [5.74, 6) is 3.53. The lowest BCUT2D eigenvalue weighted by atomic mass is 9.92. The van der Waals surface area contributed by atoms with E-state index in [0.717, 1.165) is 80.8 Å². The number of amides is 1. The Balaban J connectivity index is 1.19. The van der Waals surface area contributed by atoms with Crippen molar-refractivity contribution in [2.24, 2.45) is 17.8 Å². The lowest BCUT2D eigenvalue weighted by molar-refractivity contribution is -0.126. The Bertz CT molecular complexity index is 983. The molecule has 0 saturated carbocycles. The molecule has 3 heterocycles. The van der Waals surface area contributed by atoms with E-state index in [0.29, 0.717) is 5.89 Å². The van der Waals surface area contributed by atoms with E-state index in [1.165, 1.54) is 30.6 Å². The summed E-state index contributed by atoms with van der Waals surface area (Å²) >= 11 is 0. The van der Waals surface area contributed by atoms with Crippen molar-refractivity contribution in [1.29, 1.82) is 0 Å². The second-order valence-corrected chi connectivity index (χ2v) is 11.2. The fourth-order valence-corrected chi connectivity index (χ4v) is 5.77. The van der Waals surface area contributed by atoms with Crippen LogP contribution in [0.1, 0.15) is 62.1 Å². The molecule has 4 rings (SSSR count). The number of aromatic nitrogens is 1. The molecule has 2 saturated heterocycles. The van der Waals surface area contributed by atoms with Crippen molar-refractivity contribution in [3.05, 3.63) is 40.8 Å². The van der Waals surface area contributed by atoms with Gasteiger partial charge in [-0.05, 0) is 101 Å². The number of hydrogen-bond donors (Lipinski definition) is 1. The summed E-state index contributed by atoms with van der Waals surface area (Å²) < 4.78 is 6.00. The molecule has 1 aromatic heterocycles. The van der Waals surface area contributed by atoms with Crippen molar-refractivity contribution in [1.82, 2.24) is 20.1 Å². The molecule has 0 aliphatic carbocycles. The third kappa shape index (κ3) is 6.95. The van der Waals surface area contributed by atoms with Gasteiger partial charge in [0.15, 0.2) is 0 Å². The van der Waals surface area contributed by atoms with Crippen LogP contribution < -0.4 is 5.32 Å². The Hall–Kier alpha value is -2.18. The van der Waals surface area contributed by atoms with Gasteiger partial charge in [0.05, 0.1) is 5.69 Å². The van der Waals surface area contributed by atoms with Crippen LogP contribution in [0.25, 0.3) is 11.5 Å². The normalized spacial score (nSPS) is 22.4. The van der Waals surface area contributed by atoms with Gasteiger partial charge in [-0.15, -0.1) is 0 Å². The van der Waals surface area contributed by atoms with Crippen LogP contribution in [0.15, 0.2) is 22.6 Å². The van der Waals surface area contributed by atoms with Gasteiger partial charge in [0.25, 0.3) is 0 Å². The molecule has 2 aromatic rings. The predicted molar refractivity (Wildman–Crippen MR) is 141 cm³/mol. The Labute approximate surface area is 211 Å². The summed E-state index contributed by atoms with van der Waals surface area (Å²) in [6, 6.07) is 6.34. The van der Waals surface area contributed by atoms with Gasteiger partial charge in [0.1, 0.15) is 5.76 Å². The van der Waals surface area contributed by atoms with Crippen LogP contribution in [0.5, 0.6) is 0 Å². The number of piperidine rings is 2. The molecule has 2 aliphatic heterocycles. The number of carbonyl (C=O) groups excluding carboxylic acids is 1. The van der Waals surface area contributed by atoms with Gasteiger partial charge >= 0.3 is 0 Å². The number of rotatable bonds is 8. The molecule has 192 valence electrons. The van der Waals surface area contributed by atoms with Crippen LogP contribution in [0.2, 0.25) is 0 Å². The monoisotopic (exact) mass is 480 g/mol. The third-order valence-corrected chi connectivity index (χ3v) is 7.87. The van der Waals surface area contributed by atoms with Crippen molar-refractivity contribution in [3.63, 3.8) is 0 Å². The van der Waals surface area contributed by atoms with Crippen LogP contribution in [0.3, 0.4) is 0 Å². The van der Waals surface area contributed by atoms with Crippen LogP contribution in [-0.2, 0) is 11.3 Å². The highest BCUT2D eigenvalue weighted by molar-refractivity contribution is 5.78. The Kier molecular flexibility index (Phi) is 8.66. The molecule has 35 heavy (non-hydrogen) atoms. The van der Waals surface area contributed by atoms with Gasteiger partial charge in [-0.3, -0.25) is 9.69 Å². The highest BCUT2D eigenvalue weighted by Gasteiger charge is 2.26. The molecule has 0 spiro atoms. The average molecular weight is 481 g/mol. The Morgan fingerprint density at radius 3 is 2.46 bits per heavy atom. The van der Waals surface area contributed by atoms with Gasteiger partial charge in [0, 0.05) is 37.7 Å². The van der Waals surface area contributed by atoms with Gasteiger partial charge in [-0.1, -0.05) is 19.9 Å². The number of aryl methyl sites for hydroxylation is 3. The highest BCUT2D eigenvalue weighted by atomic mass is 16.4. The number of carbonyl (C=O) groups is 1. The summed E-state index contributed by atoms with van der Waals surface area (Å²) in [6.07, 6.45) is 4.20. The summed E-state index contributed by atoms with van der Waals surface area (Å²) in [4.78, 5) is 22.5. The molecule has 1 aromatic carbocycles. The zero-order chi connectivity index (χ0) is 24.9. The first-order valence-corrected chi connectivity index (χ1v) is 13.5. The molecular weight excluding hydrogens is 436 g/mol. The van der Waals surface area contributed by atoms with Gasteiger partial charge < -0.3 is 14.6 Å². The maximum absolute atomic E-state index is 12.7. The van der Waals surface area contributed by atoms with E-state index in [2.05, 4.69) is 61.0 Å². The van der Waals surface area contributed by atoms with Gasteiger partial charge in [-0.25, -0.2) is 4.98 Å². The number of likely N-dealkylation sites (tertiary alicyclic amines) is 2. The molecule has 2 fully saturated rings. The summed E-state index contributed by atoms with van der Waals surface area (Å²) in [7, 11) is 0. The number of nitrogens with zero attached hydrogens (tertiary/aromatic N) is 3. The minimum Gasteiger partial charge on any atom is -0.441 e. The standard InChI is InChI=1S/C29H44N4O2/c1-20-15-21(2)18-33(17-20)12-6-11-30-28(34)25-9-13-32(14-10-25)19-27-24(5)35-29(31-27)26-8-7-22(3)23(4)16-26/h7-8,16,20-21,25H,6,9-15,17-19H2,1-5H3,(H,30,34)/t20-,21+. The molecule has 1 N–H and O–H groups in total. The van der Waals surface area contributed by atoms with Crippen LogP contribution >= 0.6 is 0 Å².